The Labute approximate surface area is 163 Å². The molecule has 2 rings (SSSR count). The largest absolute Gasteiger partial charge is 0.445 e. The van der Waals surface area contributed by atoms with Crippen LogP contribution in [-0.2, 0) is 22.7 Å². The van der Waals surface area contributed by atoms with Gasteiger partial charge in [-0.05, 0) is 11.1 Å². The van der Waals surface area contributed by atoms with Gasteiger partial charge in [-0.3, -0.25) is 0 Å². The topological polar surface area (TPSA) is 76.7 Å². The van der Waals surface area contributed by atoms with Crippen LogP contribution in [0.4, 0.5) is 9.59 Å². The standard InChI is InChI=1S/C20H24N2O4S/c23-19(25-15-17-7-3-1-4-8-17)21-11-13-27-14-12-22-20(24)26-16-18-9-5-2-6-10-18/h1-10H,11-16H2,(H,21,23)(H,22,24). The first-order valence-corrected chi connectivity index (χ1v) is 9.86. The van der Waals surface area contributed by atoms with Gasteiger partial charge in [0.05, 0.1) is 0 Å². The Balaban J connectivity index is 1.41. The highest BCUT2D eigenvalue weighted by molar-refractivity contribution is 7.99. The second kappa shape index (κ2) is 12.6. The third-order valence-electron chi connectivity index (χ3n) is 3.46. The van der Waals surface area contributed by atoms with E-state index in [1.54, 1.807) is 11.8 Å². The first kappa shape index (κ1) is 20.6. The predicted octanol–water partition coefficient (Wildman–Crippen LogP) is 3.57. The van der Waals surface area contributed by atoms with Crippen molar-refractivity contribution < 1.29 is 19.1 Å². The van der Waals surface area contributed by atoms with E-state index in [9.17, 15) is 9.59 Å². The minimum atomic E-state index is -0.429. The molecule has 0 radical (unpaired) electrons. The third-order valence-corrected chi connectivity index (χ3v) is 4.44. The van der Waals surface area contributed by atoms with Crippen molar-refractivity contribution in [2.45, 2.75) is 13.2 Å². The van der Waals surface area contributed by atoms with Crippen LogP contribution in [-0.4, -0.2) is 36.8 Å². The molecule has 0 fully saturated rings. The summed E-state index contributed by atoms with van der Waals surface area (Å²) in [6, 6.07) is 19.1. The molecule has 0 aliphatic rings. The van der Waals surface area contributed by atoms with Gasteiger partial charge in [0, 0.05) is 24.6 Å². The fourth-order valence-corrected chi connectivity index (χ4v) is 2.80. The highest BCUT2D eigenvalue weighted by Gasteiger charge is 2.03. The number of hydrogen-bond acceptors (Lipinski definition) is 5. The Morgan fingerprint density at radius 3 is 1.52 bits per heavy atom. The summed E-state index contributed by atoms with van der Waals surface area (Å²) in [4.78, 5) is 23.1. The van der Waals surface area contributed by atoms with Crippen molar-refractivity contribution in [1.82, 2.24) is 10.6 Å². The summed E-state index contributed by atoms with van der Waals surface area (Å²) < 4.78 is 10.2. The van der Waals surface area contributed by atoms with E-state index in [-0.39, 0.29) is 13.2 Å². The van der Waals surface area contributed by atoms with E-state index in [4.69, 9.17) is 9.47 Å². The number of amides is 2. The van der Waals surface area contributed by atoms with Crippen molar-refractivity contribution in [2.75, 3.05) is 24.6 Å². The van der Waals surface area contributed by atoms with Crippen LogP contribution in [0.3, 0.4) is 0 Å². The van der Waals surface area contributed by atoms with Crippen LogP contribution in [0.2, 0.25) is 0 Å². The maximum Gasteiger partial charge on any atom is 0.407 e. The molecule has 0 atom stereocenters. The van der Waals surface area contributed by atoms with Gasteiger partial charge in [0.25, 0.3) is 0 Å². The maximum atomic E-state index is 11.6. The molecular weight excluding hydrogens is 364 g/mol. The molecule has 0 saturated heterocycles. The summed E-state index contributed by atoms with van der Waals surface area (Å²) in [5.41, 5.74) is 1.90. The van der Waals surface area contributed by atoms with E-state index < -0.39 is 12.2 Å². The fraction of sp³-hybridized carbons (Fsp3) is 0.300. The van der Waals surface area contributed by atoms with Gasteiger partial charge in [-0.2, -0.15) is 11.8 Å². The number of carbonyl (C=O) groups excluding carboxylic acids is 2. The van der Waals surface area contributed by atoms with Crippen molar-refractivity contribution >= 4 is 23.9 Å². The highest BCUT2D eigenvalue weighted by atomic mass is 32.2. The van der Waals surface area contributed by atoms with Gasteiger partial charge < -0.3 is 20.1 Å². The number of ether oxygens (including phenoxy) is 2. The van der Waals surface area contributed by atoms with E-state index in [0.29, 0.717) is 13.1 Å². The summed E-state index contributed by atoms with van der Waals surface area (Å²) >= 11 is 1.63. The second-order valence-electron chi connectivity index (χ2n) is 5.59. The molecular formula is C20H24N2O4S. The Morgan fingerprint density at radius 2 is 1.11 bits per heavy atom. The first-order chi connectivity index (χ1) is 13.2. The lowest BCUT2D eigenvalue weighted by molar-refractivity contribution is 0.139. The number of alkyl carbamates (subject to hydrolysis) is 2. The zero-order valence-electron chi connectivity index (χ0n) is 15.1. The van der Waals surface area contributed by atoms with Crippen molar-refractivity contribution in [3.05, 3.63) is 71.8 Å². The molecule has 2 N–H and O–H groups in total. The maximum absolute atomic E-state index is 11.6. The highest BCUT2D eigenvalue weighted by Crippen LogP contribution is 2.02. The van der Waals surface area contributed by atoms with Crippen LogP contribution in [0.5, 0.6) is 0 Å². The van der Waals surface area contributed by atoms with Crippen molar-refractivity contribution in [3.8, 4) is 0 Å². The molecule has 0 aliphatic heterocycles. The monoisotopic (exact) mass is 388 g/mol. The van der Waals surface area contributed by atoms with Crippen LogP contribution in [0, 0.1) is 0 Å². The number of benzene rings is 2. The number of hydrogen-bond donors (Lipinski definition) is 2. The van der Waals surface area contributed by atoms with Gasteiger partial charge in [0.15, 0.2) is 0 Å². The molecule has 144 valence electrons. The van der Waals surface area contributed by atoms with Gasteiger partial charge >= 0.3 is 12.2 Å². The molecule has 0 spiro atoms. The Hall–Kier alpha value is -2.67. The molecule has 2 aromatic carbocycles. The Kier molecular flexibility index (Phi) is 9.67. The van der Waals surface area contributed by atoms with Crippen LogP contribution in [0.1, 0.15) is 11.1 Å². The van der Waals surface area contributed by atoms with Gasteiger partial charge in [-0.15, -0.1) is 0 Å². The van der Waals surface area contributed by atoms with Crippen molar-refractivity contribution in [3.63, 3.8) is 0 Å². The first-order valence-electron chi connectivity index (χ1n) is 8.71. The average molecular weight is 388 g/mol. The normalized spacial score (nSPS) is 10.1. The average Bonchev–Trinajstić information content (AvgIpc) is 2.71. The van der Waals surface area contributed by atoms with Gasteiger partial charge in [-0.1, -0.05) is 60.7 Å². The van der Waals surface area contributed by atoms with Crippen molar-refractivity contribution in [2.24, 2.45) is 0 Å². The zero-order chi connectivity index (χ0) is 19.2. The SMILES string of the molecule is O=C(NCCSCCNC(=O)OCc1ccccc1)OCc1ccccc1. The molecule has 0 saturated carbocycles. The molecule has 0 aliphatic carbocycles. The van der Waals surface area contributed by atoms with Gasteiger partial charge in [0.1, 0.15) is 13.2 Å². The van der Waals surface area contributed by atoms with Crippen LogP contribution < -0.4 is 10.6 Å². The van der Waals surface area contributed by atoms with E-state index in [1.807, 2.05) is 60.7 Å². The van der Waals surface area contributed by atoms with Crippen LogP contribution >= 0.6 is 11.8 Å². The molecule has 0 aromatic heterocycles. The molecule has 6 nitrogen and oxygen atoms in total. The van der Waals surface area contributed by atoms with E-state index in [2.05, 4.69) is 10.6 Å². The lowest BCUT2D eigenvalue weighted by Gasteiger charge is -2.08. The Morgan fingerprint density at radius 1 is 0.704 bits per heavy atom. The summed E-state index contributed by atoms with van der Waals surface area (Å²) in [5, 5.41) is 5.39. The van der Waals surface area contributed by atoms with Crippen LogP contribution in [0.25, 0.3) is 0 Å². The third kappa shape index (κ3) is 9.55. The van der Waals surface area contributed by atoms with E-state index in [0.717, 1.165) is 22.6 Å². The number of carbonyl (C=O) groups is 2. The van der Waals surface area contributed by atoms with E-state index in [1.165, 1.54) is 0 Å². The predicted molar refractivity (Wildman–Crippen MR) is 107 cm³/mol. The number of thioether (sulfide) groups is 1. The molecule has 0 heterocycles. The molecule has 0 bridgehead atoms. The summed E-state index contributed by atoms with van der Waals surface area (Å²) in [7, 11) is 0. The van der Waals surface area contributed by atoms with Gasteiger partial charge in [0.2, 0.25) is 0 Å². The lowest BCUT2D eigenvalue weighted by Crippen LogP contribution is -2.28. The number of nitrogens with one attached hydrogen (secondary N) is 2. The van der Waals surface area contributed by atoms with E-state index >= 15 is 0 Å². The van der Waals surface area contributed by atoms with Gasteiger partial charge in [-0.25, -0.2) is 9.59 Å². The minimum Gasteiger partial charge on any atom is -0.445 e. The quantitative estimate of drug-likeness (QED) is 0.609. The molecule has 0 unspecified atom stereocenters. The summed E-state index contributed by atoms with van der Waals surface area (Å²) in [6.07, 6.45) is -0.857. The second-order valence-corrected chi connectivity index (χ2v) is 6.81. The Bertz CT molecular complexity index is 623. The minimum absolute atomic E-state index is 0.259. The lowest BCUT2D eigenvalue weighted by atomic mass is 10.2. The molecule has 2 amide bonds. The zero-order valence-corrected chi connectivity index (χ0v) is 15.9. The van der Waals surface area contributed by atoms with Crippen LogP contribution in [0.15, 0.2) is 60.7 Å². The summed E-state index contributed by atoms with van der Waals surface area (Å²) in [6.45, 7) is 1.54. The van der Waals surface area contributed by atoms with Crippen molar-refractivity contribution in [1.29, 1.82) is 0 Å². The summed E-state index contributed by atoms with van der Waals surface area (Å²) in [5.74, 6) is 1.47. The molecule has 27 heavy (non-hydrogen) atoms. The molecule has 7 heteroatoms. The number of rotatable bonds is 10. The fourth-order valence-electron chi connectivity index (χ4n) is 2.10. The molecule has 2 aromatic rings. The smallest absolute Gasteiger partial charge is 0.407 e.